The van der Waals surface area contributed by atoms with Crippen LogP contribution in [0.4, 0.5) is 5.69 Å². The van der Waals surface area contributed by atoms with Crippen molar-refractivity contribution in [2.24, 2.45) is 0 Å². The van der Waals surface area contributed by atoms with E-state index in [0.717, 1.165) is 17.8 Å². The summed E-state index contributed by atoms with van der Waals surface area (Å²) < 4.78 is 5.07. The molecule has 0 aliphatic rings. The zero-order valence-corrected chi connectivity index (χ0v) is 11.8. The molecule has 0 spiro atoms. The number of rotatable bonds is 8. The summed E-state index contributed by atoms with van der Waals surface area (Å²) in [5.74, 6) is -0.642. The Kier molecular flexibility index (Phi) is 6.40. The quantitative estimate of drug-likeness (QED) is 0.383. The first-order chi connectivity index (χ1) is 10.1. The van der Waals surface area contributed by atoms with Crippen molar-refractivity contribution in [2.75, 3.05) is 19.5 Å². The van der Waals surface area contributed by atoms with Crippen LogP contribution < -0.4 is 15.4 Å². The average Bonchev–Trinajstić information content (AvgIpc) is 2.51. The van der Waals surface area contributed by atoms with Crippen LogP contribution in [0.15, 0.2) is 48.8 Å². The van der Waals surface area contributed by atoms with E-state index in [4.69, 9.17) is 10.1 Å². The van der Waals surface area contributed by atoms with Crippen molar-refractivity contribution >= 4 is 23.0 Å². The molecule has 110 valence electrons. The van der Waals surface area contributed by atoms with E-state index in [9.17, 15) is 9.59 Å². The fourth-order valence-corrected chi connectivity index (χ4v) is 1.37. The van der Waals surface area contributed by atoms with Gasteiger partial charge in [0.1, 0.15) is 11.5 Å². The summed E-state index contributed by atoms with van der Waals surface area (Å²) in [6, 6.07) is 7.14. The van der Waals surface area contributed by atoms with Crippen LogP contribution in [0.25, 0.3) is 0 Å². The summed E-state index contributed by atoms with van der Waals surface area (Å²) in [6.45, 7) is 0. The van der Waals surface area contributed by atoms with E-state index in [1.165, 1.54) is 12.4 Å². The van der Waals surface area contributed by atoms with Gasteiger partial charge in [-0.05, 0) is 12.1 Å². The third-order valence-electron chi connectivity index (χ3n) is 2.45. The first-order valence-electron chi connectivity index (χ1n) is 6.16. The maximum Gasteiger partial charge on any atom is 0.208 e. The molecule has 6 nitrogen and oxygen atoms in total. The Labute approximate surface area is 123 Å². The molecule has 21 heavy (non-hydrogen) atoms. The Balaban J connectivity index is 2.59. The lowest BCUT2D eigenvalue weighted by Gasteiger charge is -2.03. The van der Waals surface area contributed by atoms with Crippen LogP contribution in [-0.4, -0.2) is 31.4 Å². The van der Waals surface area contributed by atoms with Gasteiger partial charge in [-0.1, -0.05) is 6.07 Å². The van der Waals surface area contributed by atoms with Crippen molar-refractivity contribution < 1.29 is 14.3 Å². The van der Waals surface area contributed by atoms with Gasteiger partial charge in [-0.15, -0.1) is 0 Å². The van der Waals surface area contributed by atoms with Crippen molar-refractivity contribution in [1.82, 2.24) is 5.32 Å². The van der Waals surface area contributed by atoms with E-state index in [-0.39, 0.29) is 0 Å². The lowest BCUT2D eigenvalue weighted by atomic mass is 10.1. The zero-order chi connectivity index (χ0) is 15.7. The Morgan fingerprint density at radius 1 is 1.19 bits per heavy atom. The highest BCUT2D eigenvalue weighted by atomic mass is 16.5. The molecule has 0 unspecified atom stereocenters. The predicted octanol–water partition coefficient (Wildman–Crippen LogP) is 1.51. The summed E-state index contributed by atoms with van der Waals surface area (Å²) >= 11 is 0. The van der Waals surface area contributed by atoms with Crippen LogP contribution >= 0.6 is 0 Å². The molecule has 0 atom stereocenters. The monoisotopic (exact) mass is 287 g/mol. The second-order valence-corrected chi connectivity index (χ2v) is 3.94. The van der Waals surface area contributed by atoms with Gasteiger partial charge in [0.25, 0.3) is 0 Å². The number of ether oxygens (including phenoxy) is 1. The first kappa shape index (κ1) is 16.2. The Bertz CT molecular complexity index is 592. The molecule has 0 aliphatic carbocycles. The summed E-state index contributed by atoms with van der Waals surface area (Å²) in [6.07, 6.45) is 5.00. The van der Waals surface area contributed by atoms with Crippen LogP contribution in [0, 0.1) is 5.41 Å². The van der Waals surface area contributed by atoms with Crippen molar-refractivity contribution in [2.45, 2.75) is 0 Å². The lowest BCUT2D eigenvalue weighted by molar-refractivity contribution is -0.112. The van der Waals surface area contributed by atoms with Crippen LogP contribution in [-0.2, 0) is 9.59 Å². The highest BCUT2D eigenvalue weighted by Crippen LogP contribution is 2.16. The molecule has 0 fully saturated rings. The number of hydrogen-bond donors (Lipinski definition) is 3. The van der Waals surface area contributed by atoms with Crippen molar-refractivity contribution in [3.05, 3.63) is 48.8 Å². The fourth-order valence-electron chi connectivity index (χ4n) is 1.37. The minimum Gasteiger partial charge on any atom is -0.497 e. The van der Waals surface area contributed by atoms with E-state index in [2.05, 4.69) is 10.6 Å². The Hall–Kier alpha value is -2.89. The van der Waals surface area contributed by atoms with Crippen molar-refractivity contribution in [1.29, 1.82) is 5.41 Å². The molecule has 0 radical (unpaired) electrons. The van der Waals surface area contributed by atoms with Crippen LogP contribution in [0.2, 0.25) is 0 Å². The predicted molar refractivity (Wildman–Crippen MR) is 81.7 cm³/mol. The zero-order valence-electron chi connectivity index (χ0n) is 11.8. The van der Waals surface area contributed by atoms with Crippen LogP contribution in [0.3, 0.4) is 0 Å². The minimum absolute atomic E-state index is 0.592. The molecule has 0 amide bonds. The molecule has 0 saturated carbocycles. The molecular formula is C15H17N3O3. The molecule has 1 aromatic rings. The van der Waals surface area contributed by atoms with Gasteiger partial charge in [-0.2, -0.15) is 0 Å². The maximum absolute atomic E-state index is 11.6. The third kappa shape index (κ3) is 5.32. The number of nitrogens with one attached hydrogen (secondary N) is 3. The first-order valence-corrected chi connectivity index (χ1v) is 6.16. The summed E-state index contributed by atoms with van der Waals surface area (Å²) in [4.78, 5) is 23.0. The van der Waals surface area contributed by atoms with Crippen molar-refractivity contribution in [3.63, 3.8) is 0 Å². The Morgan fingerprint density at radius 3 is 2.48 bits per heavy atom. The average molecular weight is 287 g/mol. The van der Waals surface area contributed by atoms with Gasteiger partial charge in [0.05, 0.1) is 7.11 Å². The highest BCUT2D eigenvalue weighted by molar-refractivity contribution is 6.69. The normalized spacial score (nSPS) is 10.6. The number of allylic oxidation sites excluding steroid dienone is 2. The maximum atomic E-state index is 11.6. The summed E-state index contributed by atoms with van der Waals surface area (Å²) in [5, 5.41) is 12.9. The standard InChI is InChI=1S/C15H17N3O3/c1-17-8-6-13(19)15(16)14(20)7-9-18-11-4-3-5-12(10-11)21-2/h3-10,16-18H,1-2H3. The van der Waals surface area contributed by atoms with E-state index in [0.29, 0.717) is 5.75 Å². The topological polar surface area (TPSA) is 91.3 Å². The molecule has 1 rings (SSSR count). The Morgan fingerprint density at radius 2 is 1.86 bits per heavy atom. The van der Waals surface area contributed by atoms with E-state index in [1.54, 1.807) is 38.4 Å². The molecule has 0 heterocycles. The molecule has 0 bridgehead atoms. The highest BCUT2D eigenvalue weighted by Gasteiger charge is 2.12. The van der Waals surface area contributed by atoms with Crippen molar-refractivity contribution in [3.8, 4) is 5.75 Å². The van der Waals surface area contributed by atoms with Gasteiger partial charge in [-0.3, -0.25) is 15.0 Å². The SMILES string of the molecule is CNC=CC(=O)C(=N)C(=O)C=CNc1cccc(OC)c1. The molecule has 1 aromatic carbocycles. The lowest BCUT2D eigenvalue weighted by Crippen LogP contribution is -2.20. The van der Waals surface area contributed by atoms with E-state index in [1.807, 2.05) is 0 Å². The second kappa shape index (κ2) is 8.31. The number of carbonyl (C=O) groups is 2. The van der Waals surface area contributed by atoms with E-state index >= 15 is 0 Å². The van der Waals surface area contributed by atoms with Gasteiger partial charge >= 0.3 is 0 Å². The van der Waals surface area contributed by atoms with Gasteiger partial charge in [0.2, 0.25) is 11.6 Å². The third-order valence-corrected chi connectivity index (χ3v) is 2.45. The largest absolute Gasteiger partial charge is 0.497 e. The summed E-state index contributed by atoms with van der Waals surface area (Å²) in [7, 11) is 3.18. The van der Waals surface area contributed by atoms with Gasteiger partial charge in [0, 0.05) is 43.4 Å². The fraction of sp³-hybridized carbons (Fsp3) is 0.133. The number of hydrogen-bond acceptors (Lipinski definition) is 6. The minimum atomic E-state index is -0.670. The number of carbonyl (C=O) groups excluding carboxylic acids is 2. The number of methoxy groups -OCH3 is 1. The number of anilines is 1. The number of benzene rings is 1. The molecule has 6 heteroatoms. The smallest absolute Gasteiger partial charge is 0.208 e. The molecule has 0 aromatic heterocycles. The number of ketones is 2. The van der Waals surface area contributed by atoms with Gasteiger partial charge in [-0.25, -0.2) is 0 Å². The summed E-state index contributed by atoms with van der Waals surface area (Å²) in [5.41, 5.74) is 0.136. The van der Waals surface area contributed by atoms with E-state index < -0.39 is 17.3 Å². The van der Waals surface area contributed by atoms with Crippen LogP contribution in [0.5, 0.6) is 5.75 Å². The molecular weight excluding hydrogens is 270 g/mol. The van der Waals surface area contributed by atoms with Gasteiger partial charge < -0.3 is 15.4 Å². The second-order valence-electron chi connectivity index (χ2n) is 3.94. The molecule has 3 N–H and O–H groups in total. The molecule has 0 aliphatic heterocycles. The molecule has 0 saturated heterocycles. The van der Waals surface area contributed by atoms with Crippen LogP contribution in [0.1, 0.15) is 0 Å². The van der Waals surface area contributed by atoms with Gasteiger partial charge in [0.15, 0.2) is 0 Å².